The fourth-order valence-electron chi connectivity index (χ4n) is 2.12. The first-order chi connectivity index (χ1) is 6.90. The average Bonchev–Trinajstić information content (AvgIpc) is 2.30. The predicted molar refractivity (Wildman–Crippen MR) is 60.5 cm³/mol. The molecule has 0 N–H and O–H groups in total. The van der Waals surface area contributed by atoms with Crippen molar-refractivity contribution in [3.63, 3.8) is 0 Å². The highest BCUT2D eigenvalue weighted by molar-refractivity contribution is 7.79. The van der Waals surface area contributed by atoms with Gasteiger partial charge < -0.3 is 0 Å². The zero-order valence-corrected chi connectivity index (χ0v) is 9.21. The molecule has 76 valence electrons. The summed E-state index contributed by atoms with van der Waals surface area (Å²) >= 11 is 4.20. The smallest absolute Gasteiger partial charge is 0.138 e. The van der Waals surface area contributed by atoms with Gasteiger partial charge in [0.05, 0.1) is 5.75 Å². The normalized spacial score (nSPS) is 18.4. The van der Waals surface area contributed by atoms with Gasteiger partial charge in [-0.15, -0.1) is 0 Å². The first-order valence-corrected chi connectivity index (χ1v) is 5.96. The summed E-state index contributed by atoms with van der Waals surface area (Å²) in [7, 11) is 0. The maximum Gasteiger partial charge on any atom is 0.138 e. The summed E-state index contributed by atoms with van der Waals surface area (Å²) in [5.41, 5.74) is 1.23. The summed E-state index contributed by atoms with van der Waals surface area (Å²) < 4.78 is 0. The molecule has 1 aliphatic carbocycles. The van der Waals surface area contributed by atoms with Gasteiger partial charge in [0, 0.05) is 17.8 Å². The zero-order valence-electron chi connectivity index (χ0n) is 8.32. The number of thiol groups is 1. The van der Waals surface area contributed by atoms with E-state index in [1.165, 1.54) is 37.8 Å². The minimum atomic E-state index is 0.639. The van der Waals surface area contributed by atoms with E-state index in [-0.39, 0.29) is 0 Å². The fourth-order valence-corrected chi connectivity index (χ4v) is 2.27. The lowest BCUT2D eigenvalue weighted by Crippen LogP contribution is -2.08. The molecule has 1 saturated carbocycles. The molecule has 0 radical (unpaired) electrons. The lowest BCUT2D eigenvalue weighted by atomic mass is 9.87. The molecule has 1 aliphatic rings. The van der Waals surface area contributed by atoms with Crippen LogP contribution in [0.4, 0.5) is 0 Å². The van der Waals surface area contributed by atoms with Gasteiger partial charge in [0.15, 0.2) is 0 Å². The summed E-state index contributed by atoms with van der Waals surface area (Å²) in [5.74, 6) is 2.17. The fraction of sp³-hybridized carbons (Fsp3) is 0.636. The van der Waals surface area contributed by atoms with Crippen molar-refractivity contribution >= 4 is 12.6 Å². The van der Waals surface area contributed by atoms with E-state index in [0.29, 0.717) is 11.7 Å². The maximum absolute atomic E-state index is 4.53. The van der Waals surface area contributed by atoms with Crippen LogP contribution in [0.1, 0.15) is 49.5 Å². The lowest BCUT2D eigenvalue weighted by molar-refractivity contribution is 0.435. The number of rotatable bonds is 2. The molecule has 1 fully saturated rings. The number of hydrogen-bond acceptors (Lipinski definition) is 3. The van der Waals surface area contributed by atoms with E-state index in [4.69, 9.17) is 0 Å². The highest BCUT2D eigenvalue weighted by Gasteiger charge is 2.16. The third-order valence-electron chi connectivity index (χ3n) is 2.89. The molecule has 0 aliphatic heterocycles. The Kier molecular flexibility index (Phi) is 3.40. The molecule has 3 heteroatoms. The molecule has 0 aromatic carbocycles. The van der Waals surface area contributed by atoms with Gasteiger partial charge in [0.2, 0.25) is 0 Å². The van der Waals surface area contributed by atoms with E-state index in [1.807, 2.05) is 6.20 Å². The maximum atomic E-state index is 4.53. The van der Waals surface area contributed by atoms with Crippen LogP contribution in [0.25, 0.3) is 0 Å². The molecule has 0 amide bonds. The third-order valence-corrected chi connectivity index (χ3v) is 3.17. The predicted octanol–water partition coefficient (Wildman–Crippen LogP) is 2.95. The number of hydrogen-bond donors (Lipinski definition) is 1. The van der Waals surface area contributed by atoms with E-state index in [9.17, 15) is 0 Å². The lowest BCUT2D eigenvalue weighted by Gasteiger charge is -2.20. The molecule has 0 atom stereocenters. The first kappa shape index (κ1) is 9.97. The van der Waals surface area contributed by atoms with Crippen molar-refractivity contribution in [3.05, 3.63) is 23.8 Å². The van der Waals surface area contributed by atoms with Gasteiger partial charge in [0.25, 0.3) is 0 Å². The molecule has 1 heterocycles. The van der Waals surface area contributed by atoms with Gasteiger partial charge >= 0.3 is 0 Å². The monoisotopic (exact) mass is 208 g/mol. The van der Waals surface area contributed by atoms with Gasteiger partial charge in [0.1, 0.15) is 5.82 Å². The van der Waals surface area contributed by atoms with Crippen molar-refractivity contribution in [2.45, 2.75) is 43.8 Å². The summed E-state index contributed by atoms with van der Waals surface area (Å²) in [5, 5.41) is 0. The van der Waals surface area contributed by atoms with Crippen LogP contribution in [0.5, 0.6) is 0 Å². The van der Waals surface area contributed by atoms with Gasteiger partial charge in [-0.05, 0) is 18.9 Å². The summed E-state index contributed by atoms with van der Waals surface area (Å²) in [6.07, 6.45) is 8.55. The van der Waals surface area contributed by atoms with Gasteiger partial charge in [-0.25, -0.2) is 9.97 Å². The van der Waals surface area contributed by atoms with Gasteiger partial charge in [-0.1, -0.05) is 19.3 Å². The molecule has 1 aromatic rings. The van der Waals surface area contributed by atoms with Gasteiger partial charge in [-0.2, -0.15) is 12.6 Å². The van der Waals surface area contributed by atoms with Gasteiger partial charge in [-0.3, -0.25) is 0 Å². The van der Waals surface area contributed by atoms with Crippen molar-refractivity contribution in [2.75, 3.05) is 0 Å². The molecule has 14 heavy (non-hydrogen) atoms. The molecule has 2 nitrogen and oxygen atoms in total. The van der Waals surface area contributed by atoms with Crippen molar-refractivity contribution in [1.29, 1.82) is 0 Å². The Morgan fingerprint density at radius 1 is 1.29 bits per heavy atom. The minimum absolute atomic E-state index is 0.639. The van der Waals surface area contributed by atoms with Crippen molar-refractivity contribution < 1.29 is 0 Å². The average molecular weight is 208 g/mol. The van der Waals surface area contributed by atoms with Crippen LogP contribution in [-0.4, -0.2) is 9.97 Å². The quantitative estimate of drug-likeness (QED) is 0.756. The number of nitrogens with zero attached hydrogens (tertiary/aromatic N) is 2. The number of aromatic nitrogens is 2. The summed E-state index contributed by atoms with van der Waals surface area (Å²) in [6.45, 7) is 0. The molecule has 0 bridgehead atoms. The van der Waals surface area contributed by atoms with Crippen molar-refractivity contribution in [2.24, 2.45) is 0 Å². The Labute approximate surface area is 90.6 Å². The Hall–Kier alpha value is -0.570. The topological polar surface area (TPSA) is 25.8 Å². The molecule has 0 saturated heterocycles. The van der Waals surface area contributed by atoms with Crippen LogP contribution in [-0.2, 0) is 5.75 Å². The Balaban J connectivity index is 2.13. The third kappa shape index (κ3) is 2.27. The second-order valence-electron chi connectivity index (χ2n) is 3.89. The largest absolute Gasteiger partial charge is 0.240 e. The summed E-state index contributed by atoms with van der Waals surface area (Å²) in [6, 6.07) is 2.06. The zero-order chi connectivity index (χ0) is 9.80. The Morgan fingerprint density at radius 2 is 2.07 bits per heavy atom. The van der Waals surface area contributed by atoms with Crippen LogP contribution in [0, 0.1) is 0 Å². The van der Waals surface area contributed by atoms with Crippen molar-refractivity contribution in [3.8, 4) is 0 Å². The van der Waals surface area contributed by atoms with E-state index in [1.54, 1.807) is 0 Å². The van der Waals surface area contributed by atoms with E-state index in [0.717, 1.165) is 5.82 Å². The van der Waals surface area contributed by atoms with Crippen LogP contribution in [0.15, 0.2) is 12.3 Å². The molecule has 0 unspecified atom stereocenters. The SMILES string of the molecule is SCc1nccc(C2CCCCC2)n1. The molecular weight excluding hydrogens is 192 g/mol. The van der Waals surface area contributed by atoms with Crippen LogP contribution < -0.4 is 0 Å². The second-order valence-corrected chi connectivity index (χ2v) is 4.21. The van der Waals surface area contributed by atoms with Crippen LogP contribution >= 0.6 is 12.6 Å². The van der Waals surface area contributed by atoms with E-state index < -0.39 is 0 Å². The Morgan fingerprint density at radius 3 is 2.79 bits per heavy atom. The first-order valence-electron chi connectivity index (χ1n) is 5.33. The van der Waals surface area contributed by atoms with Crippen molar-refractivity contribution in [1.82, 2.24) is 9.97 Å². The standard InChI is InChI=1S/C11H16N2S/c14-8-11-12-7-6-10(13-11)9-4-2-1-3-5-9/h6-7,9,14H,1-5,8H2. The second kappa shape index (κ2) is 4.78. The molecule has 1 aromatic heterocycles. The molecule has 2 rings (SSSR count). The Bertz CT molecular complexity index is 295. The molecular formula is C11H16N2S. The van der Waals surface area contributed by atoms with E-state index >= 15 is 0 Å². The summed E-state index contributed by atoms with van der Waals surface area (Å²) in [4.78, 5) is 8.69. The molecule has 0 spiro atoms. The van der Waals surface area contributed by atoms with E-state index in [2.05, 4.69) is 28.7 Å². The van der Waals surface area contributed by atoms with Crippen LogP contribution in [0.2, 0.25) is 0 Å². The minimum Gasteiger partial charge on any atom is -0.240 e. The van der Waals surface area contributed by atoms with Crippen LogP contribution in [0.3, 0.4) is 0 Å². The highest BCUT2D eigenvalue weighted by atomic mass is 32.1. The highest BCUT2D eigenvalue weighted by Crippen LogP contribution is 2.31.